The Labute approximate surface area is 147 Å². The van der Waals surface area contributed by atoms with Crippen molar-refractivity contribution in [2.24, 2.45) is 0 Å². The quantitative estimate of drug-likeness (QED) is 0.904. The maximum Gasteiger partial charge on any atom is 0.251 e. The van der Waals surface area contributed by atoms with E-state index in [-0.39, 0.29) is 11.9 Å². The first kappa shape index (κ1) is 17.2. The highest BCUT2D eigenvalue weighted by atomic mass is 16.5. The van der Waals surface area contributed by atoms with E-state index in [4.69, 9.17) is 14.4 Å². The molecule has 3 rings (SSSR count). The molecule has 1 saturated heterocycles. The van der Waals surface area contributed by atoms with E-state index in [9.17, 15) is 4.79 Å². The molecule has 0 saturated carbocycles. The third-order valence-corrected chi connectivity index (χ3v) is 4.31. The van der Waals surface area contributed by atoms with E-state index in [0.29, 0.717) is 30.9 Å². The molecule has 0 radical (unpaired) electrons. The van der Waals surface area contributed by atoms with Gasteiger partial charge in [-0.15, -0.1) is 0 Å². The van der Waals surface area contributed by atoms with E-state index < -0.39 is 0 Å². The van der Waals surface area contributed by atoms with E-state index in [2.05, 4.69) is 10.2 Å². The van der Waals surface area contributed by atoms with Crippen molar-refractivity contribution in [1.82, 2.24) is 10.2 Å². The molecule has 130 valence electrons. The van der Waals surface area contributed by atoms with Crippen molar-refractivity contribution in [3.8, 4) is 6.07 Å². The molecule has 0 aliphatic carbocycles. The van der Waals surface area contributed by atoms with E-state index in [0.717, 1.165) is 24.6 Å². The molecule has 2 heterocycles. The summed E-state index contributed by atoms with van der Waals surface area (Å²) in [5, 5.41) is 11.8. The van der Waals surface area contributed by atoms with Gasteiger partial charge in [-0.25, -0.2) is 0 Å². The molecule has 1 aromatic heterocycles. The summed E-state index contributed by atoms with van der Waals surface area (Å²) in [4.78, 5) is 14.7. The van der Waals surface area contributed by atoms with Crippen LogP contribution in [0.25, 0.3) is 0 Å². The molecule has 1 fully saturated rings. The molecule has 0 unspecified atom stereocenters. The number of carbonyl (C=O) groups excluding carboxylic acids is 1. The fourth-order valence-corrected chi connectivity index (χ4v) is 2.92. The summed E-state index contributed by atoms with van der Waals surface area (Å²) in [6, 6.07) is 12.5. The van der Waals surface area contributed by atoms with Crippen LogP contribution in [0.2, 0.25) is 0 Å². The minimum Gasteiger partial charge on any atom is -0.465 e. The zero-order valence-electron chi connectivity index (χ0n) is 14.2. The van der Waals surface area contributed by atoms with Gasteiger partial charge >= 0.3 is 0 Å². The number of nitrogens with zero attached hydrogens (tertiary/aromatic N) is 2. The molecule has 0 spiro atoms. The Kier molecular flexibility index (Phi) is 5.49. The van der Waals surface area contributed by atoms with Crippen LogP contribution in [-0.2, 0) is 4.74 Å². The van der Waals surface area contributed by atoms with Crippen molar-refractivity contribution in [1.29, 1.82) is 5.26 Å². The van der Waals surface area contributed by atoms with Crippen LogP contribution in [0.3, 0.4) is 0 Å². The Bertz CT molecular complexity index is 755. The molecule has 1 aliphatic rings. The van der Waals surface area contributed by atoms with Crippen LogP contribution in [0, 0.1) is 18.3 Å². The van der Waals surface area contributed by atoms with Gasteiger partial charge in [0.15, 0.2) is 0 Å². The first-order valence-corrected chi connectivity index (χ1v) is 8.34. The molecular formula is C19H21N3O3. The molecule has 1 aromatic carbocycles. The highest BCUT2D eigenvalue weighted by molar-refractivity contribution is 5.94. The fraction of sp³-hybridized carbons (Fsp3) is 0.368. The third kappa shape index (κ3) is 4.27. The van der Waals surface area contributed by atoms with Crippen molar-refractivity contribution in [3.63, 3.8) is 0 Å². The number of morpholine rings is 1. The van der Waals surface area contributed by atoms with Crippen molar-refractivity contribution >= 4 is 5.91 Å². The molecule has 25 heavy (non-hydrogen) atoms. The Balaban J connectivity index is 1.69. The second-order valence-electron chi connectivity index (χ2n) is 6.01. The summed E-state index contributed by atoms with van der Waals surface area (Å²) in [6.45, 7) is 5.33. The normalized spacial score (nSPS) is 16.2. The zero-order valence-corrected chi connectivity index (χ0v) is 14.2. The van der Waals surface area contributed by atoms with Gasteiger partial charge in [-0.05, 0) is 43.3 Å². The number of nitriles is 1. The van der Waals surface area contributed by atoms with Gasteiger partial charge in [0.05, 0.1) is 30.9 Å². The maximum absolute atomic E-state index is 12.4. The maximum atomic E-state index is 12.4. The predicted molar refractivity (Wildman–Crippen MR) is 92.1 cm³/mol. The van der Waals surface area contributed by atoms with Crippen molar-refractivity contribution in [2.75, 3.05) is 32.8 Å². The lowest BCUT2D eigenvalue weighted by Crippen LogP contribution is -2.43. The van der Waals surface area contributed by atoms with E-state index in [1.54, 1.807) is 24.3 Å². The van der Waals surface area contributed by atoms with Crippen molar-refractivity contribution < 1.29 is 13.9 Å². The molecular weight excluding hydrogens is 318 g/mol. The van der Waals surface area contributed by atoms with Crippen LogP contribution in [-0.4, -0.2) is 43.7 Å². The minimum absolute atomic E-state index is 0.0278. The standard InChI is InChI=1S/C19H21N3O3/c1-14-2-7-18(25-14)17(22-8-10-24-11-9-22)13-21-19(23)16-5-3-15(12-20)4-6-16/h2-7,17H,8-11,13H2,1H3,(H,21,23)/t17-/m1/s1. The van der Waals surface area contributed by atoms with Gasteiger partial charge in [0.2, 0.25) is 0 Å². The second-order valence-corrected chi connectivity index (χ2v) is 6.01. The summed E-state index contributed by atoms with van der Waals surface area (Å²) in [6.07, 6.45) is 0. The van der Waals surface area contributed by atoms with Crippen LogP contribution in [0.15, 0.2) is 40.8 Å². The predicted octanol–water partition coefficient (Wildman–Crippen LogP) is 2.26. The van der Waals surface area contributed by atoms with Crippen LogP contribution in [0.5, 0.6) is 0 Å². The average Bonchev–Trinajstić information content (AvgIpc) is 3.09. The lowest BCUT2D eigenvalue weighted by atomic mass is 10.1. The Morgan fingerprint density at radius 3 is 2.56 bits per heavy atom. The largest absolute Gasteiger partial charge is 0.465 e. The summed E-state index contributed by atoms with van der Waals surface area (Å²) in [7, 11) is 0. The number of furan rings is 1. The van der Waals surface area contributed by atoms with Gasteiger partial charge in [0, 0.05) is 25.2 Å². The molecule has 2 aromatic rings. The zero-order chi connectivity index (χ0) is 17.6. The number of ether oxygens (including phenoxy) is 1. The van der Waals surface area contributed by atoms with Gasteiger partial charge in [0.25, 0.3) is 5.91 Å². The minimum atomic E-state index is -0.161. The highest BCUT2D eigenvalue weighted by Gasteiger charge is 2.25. The molecule has 1 atom stereocenters. The number of nitrogens with one attached hydrogen (secondary N) is 1. The number of amides is 1. The first-order chi connectivity index (χ1) is 12.2. The monoisotopic (exact) mass is 339 g/mol. The van der Waals surface area contributed by atoms with Gasteiger partial charge in [-0.1, -0.05) is 0 Å². The average molecular weight is 339 g/mol. The Morgan fingerprint density at radius 2 is 1.96 bits per heavy atom. The Morgan fingerprint density at radius 1 is 1.24 bits per heavy atom. The second kappa shape index (κ2) is 7.97. The molecule has 1 N–H and O–H groups in total. The van der Waals surface area contributed by atoms with Crippen LogP contribution in [0.1, 0.15) is 33.5 Å². The lowest BCUT2D eigenvalue weighted by Gasteiger charge is -2.33. The number of benzene rings is 1. The SMILES string of the molecule is Cc1ccc([C@@H](CNC(=O)c2ccc(C#N)cc2)N2CCOCC2)o1. The van der Waals surface area contributed by atoms with Gasteiger partial charge < -0.3 is 14.5 Å². The number of hydrogen-bond acceptors (Lipinski definition) is 5. The van der Waals surface area contributed by atoms with Crippen molar-refractivity contribution in [3.05, 3.63) is 59.0 Å². The fourth-order valence-electron chi connectivity index (χ4n) is 2.92. The van der Waals surface area contributed by atoms with Crippen LogP contribution in [0.4, 0.5) is 0 Å². The van der Waals surface area contributed by atoms with E-state index in [1.165, 1.54) is 0 Å². The Hall–Kier alpha value is -2.62. The number of rotatable bonds is 5. The topological polar surface area (TPSA) is 78.5 Å². The smallest absolute Gasteiger partial charge is 0.251 e. The molecule has 1 amide bonds. The van der Waals surface area contributed by atoms with Crippen LogP contribution < -0.4 is 5.32 Å². The molecule has 1 aliphatic heterocycles. The molecule has 6 nitrogen and oxygen atoms in total. The first-order valence-electron chi connectivity index (χ1n) is 8.34. The van der Waals surface area contributed by atoms with Gasteiger partial charge in [-0.3, -0.25) is 9.69 Å². The molecule has 0 bridgehead atoms. The van der Waals surface area contributed by atoms with Gasteiger partial charge in [-0.2, -0.15) is 5.26 Å². The number of carbonyl (C=O) groups is 1. The van der Waals surface area contributed by atoms with Crippen molar-refractivity contribution in [2.45, 2.75) is 13.0 Å². The number of aryl methyl sites for hydroxylation is 1. The third-order valence-electron chi connectivity index (χ3n) is 4.31. The number of hydrogen-bond donors (Lipinski definition) is 1. The highest BCUT2D eigenvalue weighted by Crippen LogP contribution is 2.23. The molecule has 6 heteroatoms. The summed E-state index contributed by atoms with van der Waals surface area (Å²) in [5.74, 6) is 1.54. The summed E-state index contributed by atoms with van der Waals surface area (Å²) >= 11 is 0. The van der Waals surface area contributed by atoms with Crippen LogP contribution >= 0.6 is 0 Å². The summed E-state index contributed by atoms with van der Waals surface area (Å²) in [5.41, 5.74) is 1.07. The van der Waals surface area contributed by atoms with E-state index >= 15 is 0 Å². The van der Waals surface area contributed by atoms with E-state index in [1.807, 2.05) is 25.1 Å². The van der Waals surface area contributed by atoms with Gasteiger partial charge in [0.1, 0.15) is 11.5 Å². The lowest BCUT2D eigenvalue weighted by molar-refractivity contribution is 0.0117. The summed E-state index contributed by atoms with van der Waals surface area (Å²) < 4.78 is 11.2.